The number of aryl methyl sites for hydroxylation is 2. The fraction of sp³-hybridized carbons (Fsp3) is 0.100. The summed E-state index contributed by atoms with van der Waals surface area (Å²) in [4.78, 5) is 0. The van der Waals surface area contributed by atoms with Crippen LogP contribution in [-0.4, -0.2) is 0 Å². The molecule has 1 heterocycles. The van der Waals surface area contributed by atoms with Crippen LogP contribution >= 0.6 is 0 Å². The van der Waals surface area contributed by atoms with E-state index in [0.29, 0.717) is 0 Å². The first-order valence-corrected chi connectivity index (χ1v) is 7.47. The van der Waals surface area contributed by atoms with E-state index in [0.717, 1.165) is 33.3 Å². The lowest BCUT2D eigenvalue weighted by Crippen LogP contribution is -1.95. The fourth-order valence-corrected chi connectivity index (χ4v) is 2.89. The first kappa shape index (κ1) is 13.0. The second-order valence-electron chi connectivity index (χ2n) is 5.67. The van der Waals surface area contributed by atoms with Gasteiger partial charge in [-0.25, -0.2) is 0 Å². The van der Waals surface area contributed by atoms with E-state index >= 15 is 0 Å². The molecule has 4 rings (SSSR count). The summed E-state index contributed by atoms with van der Waals surface area (Å²) in [6.45, 7) is 4.21. The van der Waals surface area contributed by atoms with Crippen molar-refractivity contribution in [3.8, 4) is 0 Å². The molecular weight excluding hydrogens is 270 g/mol. The Morgan fingerprint density at radius 1 is 0.727 bits per heavy atom. The Kier molecular flexibility index (Phi) is 2.90. The zero-order valence-electron chi connectivity index (χ0n) is 12.7. The Morgan fingerprint density at radius 3 is 2.36 bits per heavy atom. The van der Waals surface area contributed by atoms with Gasteiger partial charge in [-0.15, -0.1) is 0 Å². The van der Waals surface area contributed by atoms with E-state index in [1.807, 2.05) is 24.3 Å². The molecule has 2 heteroatoms. The van der Waals surface area contributed by atoms with E-state index in [9.17, 15) is 0 Å². The maximum atomic E-state index is 6.11. The van der Waals surface area contributed by atoms with Crippen LogP contribution in [0.3, 0.4) is 0 Å². The number of fused-ring (bicyclic) bond motifs is 3. The monoisotopic (exact) mass is 287 g/mol. The minimum absolute atomic E-state index is 0.921. The molecule has 108 valence electrons. The summed E-state index contributed by atoms with van der Waals surface area (Å²) in [5, 5.41) is 5.86. The molecule has 0 fully saturated rings. The second kappa shape index (κ2) is 4.92. The summed E-state index contributed by atoms with van der Waals surface area (Å²) in [7, 11) is 0. The van der Waals surface area contributed by atoms with Crippen LogP contribution in [0.25, 0.3) is 21.9 Å². The Morgan fingerprint density at radius 2 is 1.50 bits per heavy atom. The highest BCUT2D eigenvalue weighted by Crippen LogP contribution is 2.37. The first-order chi connectivity index (χ1) is 10.7. The van der Waals surface area contributed by atoms with E-state index in [1.165, 1.54) is 11.1 Å². The van der Waals surface area contributed by atoms with Crippen molar-refractivity contribution in [3.63, 3.8) is 0 Å². The third-order valence-corrected chi connectivity index (χ3v) is 4.16. The predicted octanol–water partition coefficient (Wildman–Crippen LogP) is 5.95. The van der Waals surface area contributed by atoms with Gasteiger partial charge in [0, 0.05) is 16.5 Å². The maximum absolute atomic E-state index is 6.11. The fourth-order valence-electron chi connectivity index (χ4n) is 2.89. The van der Waals surface area contributed by atoms with Crippen molar-refractivity contribution in [1.82, 2.24) is 0 Å². The Balaban J connectivity index is 1.96. The van der Waals surface area contributed by atoms with Crippen molar-refractivity contribution in [2.75, 3.05) is 5.32 Å². The molecule has 0 aliphatic rings. The van der Waals surface area contributed by atoms with E-state index < -0.39 is 0 Å². The molecule has 1 N–H and O–H groups in total. The van der Waals surface area contributed by atoms with Crippen molar-refractivity contribution in [2.24, 2.45) is 0 Å². The molecule has 0 saturated heterocycles. The minimum Gasteiger partial charge on any atom is -0.454 e. The standard InChI is InChI=1S/C20H17NO/c1-13-7-3-5-9-17(13)21-19-14(2)11-12-16-15-8-4-6-10-18(15)22-20(16)19/h3-12,21H,1-2H3. The number of para-hydroxylation sites is 2. The number of hydrogen-bond acceptors (Lipinski definition) is 2. The van der Waals surface area contributed by atoms with Gasteiger partial charge in [0.05, 0.1) is 5.69 Å². The molecular formula is C20H17NO. The van der Waals surface area contributed by atoms with Crippen molar-refractivity contribution in [1.29, 1.82) is 0 Å². The lowest BCUT2D eigenvalue weighted by molar-refractivity contribution is 0.670. The predicted molar refractivity (Wildman–Crippen MR) is 92.9 cm³/mol. The van der Waals surface area contributed by atoms with Gasteiger partial charge in [-0.3, -0.25) is 0 Å². The molecule has 0 amide bonds. The van der Waals surface area contributed by atoms with E-state index in [-0.39, 0.29) is 0 Å². The number of nitrogens with one attached hydrogen (secondary N) is 1. The SMILES string of the molecule is Cc1ccccc1Nc1c(C)ccc2c1oc1ccccc12. The molecule has 0 aliphatic carbocycles. The highest BCUT2D eigenvalue weighted by molar-refractivity contribution is 6.09. The van der Waals surface area contributed by atoms with Crippen LogP contribution in [0.2, 0.25) is 0 Å². The van der Waals surface area contributed by atoms with Crippen LogP contribution < -0.4 is 5.32 Å². The van der Waals surface area contributed by atoms with Gasteiger partial charge in [0.15, 0.2) is 5.58 Å². The largest absolute Gasteiger partial charge is 0.454 e. The highest BCUT2D eigenvalue weighted by atomic mass is 16.3. The van der Waals surface area contributed by atoms with Gasteiger partial charge >= 0.3 is 0 Å². The summed E-state index contributed by atoms with van der Waals surface area (Å²) in [6.07, 6.45) is 0. The quantitative estimate of drug-likeness (QED) is 0.493. The molecule has 3 aromatic carbocycles. The zero-order chi connectivity index (χ0) is 15.1. The first-order valence-electron chi connectivity index (χ1n) is 7.47. The van der Waals surface area contributed by atoms with Crippen LogP contribution in [0.5, 0.6) is 0 Å². The average molecular weight is 287 g/mol. The minimum atomic E-state index is 0.921. The molecule has 0 bridgehead atoms. The second-order valence-corrected chi connectivity index (χ2v) is 5.67. The van der Waals surface area contributed by atoms with Gasteiger partial charge in [-0.05, 0) is 37.1 Å². The van der Waals surface area contributed by atoms with Gasteiger partial charge in [-0.1, -0.05) is 48.5 Å². The number of rotatable bonds is 2. The molecule has 4 aromatic rings. The number of anilines is 2. The smallest absolute Gasteiger partial charge is 0.159 e. The lowest BCUT2D eigenvalue weighted by Gasteiger charge is -2.12. The molecule has 0 saturated carbocycles. The van der Waals surface area contributed by atoms with E-state index in [4.69, 9.17) is 4.42 Å². The van der Waals surface area contributed by atoms with E-state index in [1.54, 1.807) is 0 Å². The molecule has 0 radical (unpaired) electrons. The van der Waals surface area contributed by atoms with Crippen LogP contribution in [-0.2, 0) is 0 Å². The van der Waals surface area contributed by atoms with Crippen LogP contribution in [0.1, 0.15) is 11.1 Å². The molecule has 0 spiro atoms. The maximum Gasteiger partial charge on any atom is 0.159 e. The molecule has 22 heavy (non-hydrogen) atoms. The van der Waals surface area contributed by atoms with Gasteiger partial charge in [-0.2, -0.15) is 0 Å². The topological polar surface area (TPSA) is 25.2 Å². The summed E-state index contributed by atoms with van der Waals surface area (Å²) < 4.78 is 6.11. The number of furan rings is 1. The van der Waals surface area contributed by atoms with Crippen LogP contribution in [0.15, 0.2) is 65.1 Å². The Labute approximate surface area is 129 Å². The Bertz CT molecular complexity index is 982. The summed E-state index contributed by atoms with van der Waals surface area (Å²) in [5.74, 6) is 0. The molecule has 0 aliphatic heterocycles. The van der Waals surface area contributed by atoms with Gasteiger partial charge < -0.3 is 9.73 Å². The van der Waals surface area contributed by atoms with Crippen molar-refractivity contribution in [2.45, 2.75) is 13.8 Å². The van der Waals surface area contributed by atoms with Crippen molar-refractivity contribution < 1.29 is 4.42 Å². The summed E-state index contributed by atoms with van der Waals surface area (Å²) >= 11 is 0. The van der Waals surface area contributed by atoms with Gasteiger partial charge in [0.1, 0.15) is 5.58 Å². The summed E-state index contributed by atoms with van der Waals surface area (Å²) in [6, 6.07) is 20.8. The molecule has 0 unspecified atom stereocenters. The number of hydrogen-bond donors (Lipinski definition) is 1. The molecule has 0 atom stereocenters. The zero-order valence-corrected chi connectivity index (χ0v) is 12.7. The molecule has 2 nitrogen and oxygen atoms in total. The Hall–Kier alpha value is -2.74. The number of benzene rings is 3. The highest BCUT2D eigenvalue weighted by Gasteiger charge is 2.13. The summed E-state index contributed by atoms with van der Waals surface area (Å²) in [5.41, 5.74) is 6.40. The third-order valence-electron chi connectivity index (χ3n) is 4.16. The van der Waals surface area contributed by atoms with Gasteiger partial charge in [0.2, 0.25) is 0 Å². The molecule has 1 aromatic heterocycles. The van der Waals surface area contributed by atoms with E-state index in [2.05, 4.69) is 55.6 Å². The normalized spacial score (nSPS) is 11.2. The van der Waals surface area contributed by atoms with Crippen LogP contribution in [0.4, 0.5) is 11.4 Å². The third kappa shape index (κ3) is 1.96. The van der Waals surface area contributed by atoms with Crippen LogP contribution in [0, 0.1) is 13.8 Å². The average Bonchev–Trinajstić information content (AvgIpc) is 2.91. The van der Waals surface area contributed by atoms with Gasteiger partial charge in [0.25, 0.3) is 0 Å². The van der Waals surface area contributed by atoms with Crippen molar-refractivity contribution in [3.05, 3.63) is 71.8 Å². The lowest BCUT2D eigenvalue weighted by atomic mass is 10.1. The van der Waals surface area contributed by atoms with Crippen molar-refractivity contribution >= 4 is 33.3 Å².